The maximum atomic E-state index is 14.4. The highest BCUT2D eigenvalue weighted by Crippen LogP contribution is 2.42. The molecule has 402 valence electrons. The zero-order valence-corrected chi connectivity index (χ0v) is 43.8. The van der Waals surface area contributed by atoms with E-state index in [1.807, 2.05) is 32.0 Å². The summed E-state index contributed by atoms with van der Waals surface area (Å²) in [5, 5.41) is 66.3. The normalized spacial score (nSPS) is 38.9. The van der Waals surface area contributed by atoms with Crippen molar-refractivity contribution in [3.05, 3.63) is 46.3 Å². The zero-order chi connectivity index (χ0) is 52.7. The van der Waals surface area contributed by atoms with Crippen molar-refractivity contribution in [1.29, 1.82) is 0 Å². The molecule has 3 aliphatic heterocycles. The van der Waals surface area contributed by atoms with Crippen LogP contribution in [0.2, 0.25) is 0 Å². The number of carbonyl (C=O) groups excluding carboxylic acids is 2. The fraction of sp³-hybridized carbons (Fsp3) is 0.800. The molecule has 0 spiro atoms. The lowest BCUT2D eigenvalue weighted by molar-refractivity contribution is -0.384. The van der Waals surface area contributed by atoms with E-state index in [-0.39, 0.29) is 36.8 Å². The van der Waals surface area contributed by atoms with E-state index in [1.54, 1.807) is 58.4 Å². The van der Waals surface area contributed by atoms with Crippen LogP contribution in [0.4, 0.5) is 5.69 Å². The Morgan fingerprint density at radius 1 is 0.930 bits per heavy atom. The summed E-state index contributed by atoms with van der Waals surface area (Å²) in [6.07, 6.45) is -6.75. The second-order valence-corrected chi connectivity index (χ2v) is 20.8. The van der Waals surface area contributed by atoms with Crippen molar-refractivity contribution in [3.63, 3.8) is 0 Å². The minimum absolute atomic E-state index is 0.00949. The van der Waals surface area contributed by atoms with Gasteiger partial charge in [-0.2, -0.15) is 0 Å². The van der Waals surface area contributed by atoms with Crippen LogP contribution in [0.3, 0.4) is 0 Å². The fourth-order valence-corrected chi connectivity index (χ4v) is 10.6. The number of aryl methyl sites for hydroxylation is 1. The van der Waals surface area contributed by atoms with Gasteiger partial charge >= 0.3 is 5.97 Å². The van der Waals surface area contributed by atoms with Crippen LogP contribution in [-0.4, -0.2) is 176 Å². The van der Waals surface area contributed by atoms with Gasteiger partial charge in [0, 0.05) is 88.7 Å². The number of nitrogens with zero attached hydrogens (tertiary/aromatic N) is 5. The third-order valence-corrected chi connectivity index (χ3v) is 15.3. The van der Waals surface area contributed by atoms with E-state index in [2.05, 4.69) is 10.3 Å². The minimum atomic E-state index is -2.01. The number of cyclic esters (lactones) is 1. The molecule has 4 N–H and O–H groups in total. The van der Waals surface area contributed by atoms with E-state index in [1.165, 1.54) is 40.2 Å². The number of benzene rings is 1. The summed E-state index contributed by atoms with van der Waals surface area (Å²) in [6, 6.07) is 5.46. The van der Waals surface area contributed by atoms with Gasteiger partial charge in [0.1, 0.15) is 35.4 Å². The number of ether oxygens (including phenoxy) is 8. The van der Waals surface area contributed by atoms with Gasteiger partial charge in [0.15, 0.2) is 12.6 Å². The highest BCUT2D eigenvalue weighted by atomic mass is 16.7. The number of aromatic nitrogens is 3. The number of non-ortho nitro benzene ring substituents is 1. The van der Waals surface area contributed by atoms with Crippen molar-refractivity contribution >= 4 is 17.4 Å². The largest absolute Gasteiger partial charge is 0.494 e. The number of hydrogen-bond acceptors (Lipinski definition) is 19. The Morgan fingerprint density at radius 3 is 2.21 bits per heavy atom. The molecule has 3 saturated heterocycles. The summed E-state index contributed by atoms with van der Waals surface area (Å²) >= 11 is 0. The van der Waals surface area contributed by atoms with Crippen LogP contribution < -0.4 is 4.74 Å². The fourth-order valence-electron chi connectivity index (χ4n) is 10.6. The zero-order valence-electron chi connectivity index (χ0n) is 43.8. The van der Waals surface area contributed by atoms with Gasteiger partial charge in [-0.1, -0.05) is 32.9 Å². The monoisotopic (exact) mass is 1010 g/mol. The second kappa shape index (κ2) is 24.5. The van der Waals surface area contributed by atoms with Crippen LogP contribution in [0.15, 0.2) is 30.5 Å². The first-order valence-electron chi connectivity index (χ1n) is 25.0. The van der Waals surface area contributed by atoms with Crippen molar-refractivity contribution in [1.82, 2.24) is 19.9 Å². The van der Waals surface area contributed by atoms with Crippen molar-refractivity contribution in [2.24, 2.45) is 23.7 Å². The summed E-state index contributed by atoms with van der Waals surface area (Å²) in [5.74, 6) is -4.26. The number of likely N-dealkylation sites (N-methyl/N-ethyl adjacent to an activating group) is 1. The highest BCUT2D eigenvalue weighted by molar-refractivity contribution is 5.83. The Bertz CT molecular complexity index is 2040. The number of aliphatic hydroxyl groups excluding tert-OH is 3. The number of carbonyl (C=O) groups is 2. The Kier molecular flexibility index (Phi) is 20.1. The van der Waals surface area contributed by atoms with Crippen LogP contribution in [0.25, 0.3) is 0 Å². The van der Waals surface area contributed by atoms with Crippen molar-refractivity contribution in [2.75, 3.05) is 34.4 Å². The van der Waals surface area contributed by atoms with Crippen molar-refractivity contribution in [2.45, 2.75) is 199 Å². The van der Waals surface area contributed by atoms with E-state index < -0.39 is 113 Å². The quantitative estimate of drug-likeness (QED) is 0.0754. The number of nitro groups is 1. The first kappa shape index (κ1) is 58.2. The lowest BCUT2D eigenvalue weighted by Gasteiger charge is -2.50. The predicted octanol–water partition coefficient (Wildman–Crippen LogP) is 4.02. The molecule has 0 bridgehead atoms. The smallest absolute Gasteiger partial charge is 0.311 e. The molecule has 3 aliphatic rings. The molecule has 1 aromatic carbocycles. The van der Waals surface area contributed by atoms with Gasteiger partial charge in [-0.05, 0) is 80.0 Å². The average Bonchev–Trinajstić information content (AvgIpc) is 3.80. The SMILES string of the molecule is CC[C@H]1OC(=O)[C@H](C)[C@@H](O[C@H]2C[C@@](C)(OC)[C@@H](O)[C@H](C)O2)[C@H](C)[C@@H](O[C@@H]2O[C@H](C)C[C@H](N(C)CCc3cn(CCCOc4ccc([N+](=O)[O-])cc4)nn3)[C@H]2O)[C@](C)(OC)C[C@@H](C)C(=O)[C@H](C)[C@@H](O)[C@]1(C)O. The summed E-state index contributed by atoms with van der Waals surface area (Å²) in [7, 11) is 4.89. The average molecular weight is 1010 g/mol. The molecule has 3 fully saturated rings. The molecule has 18 atom stereocenters. The van der Waals surface area contributed by atoms with Crippen molar-refractivity contribution in [3.8, 4) is 5.75 Å². The summed E-state index contributed by atoms with van der Waals surface area (Å²) < 4.78 is 52.1. The van der Waals surface area contributed by atoms with Crippen LogP contribution in [0.1, 0.15) is 107 Å². The minimum Gasteiger partial charge on any atom is -0.494 e. The van der Waals surface area contributed by atoms with Gasteiger partial charge in [0.25, 0.3) is 5.69 Å². The van der Waals surface area contributed by atoms with Crippen LogP contribution in [0.5, 0.6) is 5.75 Å². The Balaban J connectivity index is 1.40. The molecule has 0 aliphatic carbocycles. The van der Waals surface area contributed by atoms with Crippen molar-refractivity contribution < 1.29 is 72.8 Å². The summed E-state index contributed by atoms with van der Waals surface area (Å²) in [5.41, 5.74) is -3.69. The molecule has 4 heterocycles. The summed E-state index contributed by atoms with van der Waals surface area (Å²) in [6.45, 7) is 18.3. The number of nitro benzene ring substituents is 1. The number of aliphatic hydroxyl groups is 4. The summed E-state index contributed by atoms with van der Waals surface area (Å²) in [4.78, 5) is 41.2. The molecule has 2 aromatic rings. The molecule has 5 rings (SSSR count). The lowest BCUT2D eigenvalue weighted by atomic mass is 9.74. The molecule has 0 radical (unpaired) electrons. The Hall–Kier alpha value is -3.74. The van der Waals surface area contributed by atoms with E-state index in [0.717, 1.165) is 5.69 Å². The third-order valence-electron chi connectivity index (χ3n) is 15.3. The van der Waals surface area contributed by atoms with Gasteiger partial charge < -0.3 is 63.2 Å². The third kappa shape index (κ3) is 13.7. The van der Waals surface area contributed by atoms with Gasteiger partial charge in [0.05, 0.1) is 64.9 Å². The number of methoxy groups -OCH3 is 2. The van der Waals surface area contributed by atoms with Crippen LogP contribution >= 0.6 is 0 Å². The van der Waals surface area contributed by atoms with E-state index >= 15 is 0 Å². The van der Waals surface area contributed by atoms with Gasteiger partial charge in [0.2, 0.25) is 0 Å². The molecule has 0 unspecified atom stereocenters. The Morgan fingerprint density at radius 2 is 1.59 bits per heavy atom. The van der Waals surface area contributed by atoms with Gasteiger partial charge in [-0.15, -0.1) is 5.10 Å². The topological polar surface area (TPSA) is 266 Å². The molecular formula is C50H81N5O16. The molecule has 1 aromatic heterocycles. The van der Waals surface area contributed by atoms with E-state index in [4.69, 9.17) is 37.9 Å². The van der Waals surface area contributed by atoms with Crippen LogP contribution in [0, 0.1) is 33.8 Å². The first-order chi connectivity index (χ1) is 33.3. The predicted molar refractivity (Wildman–Crippen MR) is 257 cm³/mol. The molecule has 0 saturated carbocycles. The maximum Gasteiger partial charge on any atom is 0.311 e. The first-order valence-corrected chi connectivity index (χ1v) is 25.0. The number of rotatable bonds is 17. The second-order valence-electron chi connectivity index (χ2n) is 20.8. The maximum absolute atomic E-state index is 14.4. The van der Waals surface area contributed by atoms with Gasteiger partial charge in [-0.3, -0.25) is 24.4 Å². The molecule has 21 nitrogen and oxygen atoms in total. The lowest BCUT2D eigenvalue weighted by Crippen LogP contribution is -2.61. The van der Waals surface area contributed by atoms with E-state index in [0.29, 0.717) is 44.7 Å². The molecular weight excluding hydrogens is 927 g/mol. The number of Topliss-reactive ketones (excluding diaryl/α,β-unsaturated/α-hetero) is 1. The number of hydrogen-bond donors (Lipinski definition) is 4. The molecule has 0 amide bonds. The van der Waals surface area contributed by atoms with Crippen LogP contribution in [-0.2, 0) is 55.7 Å². The number of ketones is 1. The standard InChI is InChI=1S/C50H81N5O16/c1-14-38-50(10,61)43(58)30(4)40(56)28(2)25-49(9,65-13)45(31(5)42(32(6)46(60)69-38)70-39-26-48(8,64-12)44(59)33(7)68-39)71-47-41(57)37(24-29(3)67-47)53(11)22-20-34-27-54(52-51-34)21-15-23-66-36-18-16-35(17-19-36)55(62)63/h16-19,27-33,37-39,41-45,47,57-59,61H,14-15,20-26H2,1-13H3/t28-,29-,30+,31+,32-,33+,37+,38-,39+,41-,42+,43-,44+,45-,47+,48-,49-,50-/m1/s1. The Labute approximate surface area is 417 Å². The highest BCUT2D eigenvalue weighted by Gasteiger charge is 2.54. The number of esters is 1. The van der Waals surface area contributed by atoms with E-state index in [9.17, 15) is 40.1 Å². The van der Waals surface area contributed by atoms with Gasteiger partial charge in [-0.25, -0.2) is 0 Å². The molecule has 21 heteroatoms. The molecule has 71 heavy (non-hydrogen) atoms.